The lowest BCUT2D eigenvalue weighted by Crippen LogP contribution is -2.55. The zero-order valence-electron chi connectivity index (χ0n) is 15.7. The van der Waals surface area contributed by atoms with Crippen molar-refractivity contribution in [3.05, 3.63) is 70.0 Å². The Kier molecular flexibility index (Phi) is 5.31. The number of rotatable bonds is 3. The lowest BCUT2D eigenvalue weighted by Gasteiger charge is -2.41. The van der Waals surface area contributed by atoms with Crippen molar-refractivity contribution in [3.63, 3.8) is 0 Å². The maximum atomic E-state index is 13.7. The summed E-state index contributed by atoms with van der Waals surface area (Å²) in [5.41, 5.74) is 5.59. The summed E-state index contributed by atoms with van der Waals surface area (Å²) >= 11 is 0. The van der Waals surface area contributed by atoms with Crippen molar-refractivity contribution >= 4 is 6.20 Å². The fraction of sp³-hybridized carbons (Fsp3) is 0.381. The molecule has 2 heterocycles. The highest BCUT2D eigenvalue weighted by molar-refractivity contribution is 5.33. The number of hydrogen-bond donors (Lipinski definition) is 1. The molecular weight excluding hydrogens is 384 g/mol. The summed E-state index contributed by atoms with van der Waals surface area (Å²) in [4.78, 5) is 8.55. The molecule has 2 aliphatic heterocycles. The first-order chi connectivity index (χ1) is 13.8. The molecule has 1 fully saturated rings. The number of piperidine rings is 1. The van der Waals surface area contributed by atoms with Gasteiger partial charge in [0.05, 0.1) is 10.9 Å². The van der Waals surface area contributed by atoms with Gasteiger partial charge in [-0.05, 0) is 42.7 Å². The SMILES string of the molecule is N[C@@H]1CCCN(C2N=c3ccc(F)cc3=CN2Cc2ccccc2C(F)(F)F)C1. The molecule has 0 saturated carbocycles. The third kappa shape index (κ3) is 4.28. The second kappa shape index (κ2) is 7.76. The molecule has 4 rings (SSSR count). The van der Waals surface area contributed by atoms with Crippen molar-refractivity contribution in [1.29, 1.82) is 0 Å². The molecule has 0 spiro atoms. The number of fused-ring (bicyclic) bond motifs is 1. The van der Waals surface area contributed by atoms with E-state index in [-0.39, 0.29) is 18.2 Å². The molecule has 2 aromatic carbocycles. The number of likely N-dealkylation sites (tertiary alicyclic amines) is 1. The van der Waals surface area contributed by atoms with Gasteiger partial charge in [-0.15, -0.1) is 0 Å². The number of alkyl halides is 3. The maximum absolute atomic E-state index is 13.7. The summed E-state index contributed by atoms with van der Waals surface area (Å²) in [5.74, 6) is -0.413. The van der Waals surface area contributed by atoms with Gasteiger partial charge in [0.1, 0.15) is 5.82 Å². The van der Waals surface area contributed by atoms with Crippen LogP contribution in [0.25, 0.3) is 6.20 Å². The van der Waals surface area contributed by atoms with Gasteiger partial charge in [-0.25, -0.2) is 9.38 Å². The minimum absolute atomic E-state index is 0.00197. The van der Waals surface area contributed by atoms with Crippen molar-refractivity contribution in [2.75, 3.05) is 13.1 Å². The summed E-state index contributed by atoms with van der Waals surface area (Å²) in [6.07, 6.45) is -1.43. The van der Waals surface area contributed by atoms with Gasteiger partial charge in [0.2, 0.25) is 0 Å². The van der Waals surface area contributed by atoms with Crippen LogP contribution < -0.4 is 16.3 Å². The Labute approximate surface area is 165 Å². The van der Waals surface area contributed by atoms with Gasteiger partial charge in [0.25, 0.3) is 0 Å². The van der Waals surface area contributed by atoms with Gasteiger partial charge < -0.3 is 10.6 Å². The van der Waals surface area contributed by atoms with E-state index in [9.17, 15) is 17.6 Å². The van der Waals surface area contributed by atoms with Crippen molar-refractivity contribution < 1.29 is 17.6 Å². The Balaban J connectivity index is 1.75. The average molecular weight is 406 g/mol. The van der Waals surface area contributed by atoms with Gasteiger partial charge in [0, 0.05) is 37.1 Å². The van der Waals surface area contributed by atoms with Crippen molar-refractivity contribution in [2.45, 2.75) is 37.9 Å². The topological polar surface area (TPSA) is 44.9 Å². The predicted octanol–water partition coefficient (Wildman–Crippen LogP) is 2.42. The summed E-state index contributed by atoms with van der Waals surface area (Å²) in [7, 11) is 0. The molecule has 8 heteroatoms. The Bertz CT molecular complexity index is 1000. The summed E-state index contributed by atoms with van der Waals surface area (Å²) in [6.45, 7) is 1.37. The second-order valence-corrected chi connectivity index (χ2v) is 7.53. The molecule has 154 valence electrons. The third-order valence-corrected chi connectivity index (χ3v) is 5.34. The van der Waals surface area contributed by atoms with Crippen LogP contribution in [0.15, 0.2) is 47.5 Å². The lowest BCUT2D eigenvalue weighted by molar-refractivity contribution is -0.138. The number of benzene rings is 2. The molecule has 2 atom stereocenters. The van der Waals surface area contributed by atoms with Gasteiger partial charge in [0.15, 0.2) is 6.29 Å². The van der Waals surface area contributed by atoms with Gasteiger partial charge in [-0.2, -0.15) is 13.2 Å². The molecule has 0 aliphatic carbocycles. The lowest BCUT2D eigenvalue weighted by atomic mass is 10.1. The molecule has 0 bridgehead atoms. The summed E-state index contributed by atoms with van der Waals surface area (Å²) < 4.78 is 54.1. The number of nitrogens with zero attached hydrogens (tertiary/aromatic N) is 3. The summed E-state index contributed by atoms with van der Waals surface area (Å²) in [5, 5.41) is 1.17. The minimum atomic E-state index is -4.45. The fourth-order valence-corrected chi connectivity index (χ4v) is 3.99. The fourth-order valence-electron chi connectivity index (χ4n) is 3.99. The van der Waals surface area contributed by atoms with Crippen LogP contribution in [-0.2, 0) is 12.7 Å². The molecule has 0 amide bonds. The highest BCUT2D eigenvalue weighted by Crippen LogP contribution is 2.33. The van der Waals surface area contributed by atoms with Crippen LogP contribution in [0.5, 0.6) is 0 Å². The zero-order chi connectivity index (χ0) is 20.6. The maximum Gasteiger partial charge on any atom is 0.416 e. The normalized spacial score (nSPS) is 22.6. The predicted molar refractivity (Wildman–Crippen MR) is 101 cm³/mol. The van der Waals surface area contributed by atoms with E-state index in [0.717, 1.165) is 25.5 Å². The van der Waals surface area contributed by atoms with Gasteiger partial charge >= 0.3 is 6.18 Å². The quantitative estimate of drug-likeness (QED) is 0.797. The molecule has 2 aromatic rings. The highest BCUT2D eigenvalue weighted by Gasteiger charge is 2.35. The molecule has 2 aliphatic rings. The number of nitrogens with two attached hydrogens (primary N) is 1. The van der Waals surface area contributed by atoms with E-state index in [2.05, 4.69) is 4.90 Å². The minimum Gasteiger partial charge on any atom is -0.339 e. The van der Waals surface area contributed by atoms with E-state index in [1.54, 1.807) is 23.2 Å². The monoisotopic (exact) mass is 406 g/mol. The number of halogens is 4. The number of hydrogen-bond acceptors (Lipinski definition) is 4. The summed E-state index contributed by atoms with van der Waals surface area (Å²) in [6, 6.07) is 9.79. The van der Waals surface area contributed by atoms with Crippen LogP contribution in [0.1, 0.15) is 24.0 Å². The van der Waals surface area contributed by atoms with Crippen molar-refractivity contribution in [2.24, 2.45) is 10.7 Å². The van der Waals surface area contributed by atoms with Crippen LogP contribution in [0.3, 0.4) is 0 Å². The van der Waals surface area contributed by atoms with Crippen molar-refractivity contribution in [3.8, 4) is 0 Å². The molecular formula is C21H22F4N4. The van der Waals surface area contributed by atoms with Gasteiger partial charge in [-0.1, -0.05) is 18.2 Å². The Morgan fingerprint density at radius 1 is 1.14 bits per heavy atom. The van der Waals surface area contributed by atoms with E-state index in [0.29, 0.717) is 17.1 Å². The first-order valence-corrected chi connectivity index (χ1v) is 9.57. The first kappa shape index (κ1) is 19.8. The molecule has 0 radical (unpaired) electrons. The van der Waals surface area contributed by atoms with Crippen LogP contribution in [0.4, 0.5) is 17.6 Å². The average Bonchev–Trinajstić information content (AvgIpc) is 2.67. The van der Waals surface area contributed by atoms with E-state index < -0.39 is 23.8 Å². The van der Waals surface area contributed by atoms with Crippen LogP contribution in [0.2, 0.25) is 0 Å². The van der Waals surface area contributed by atoms with E-state index in [4.69, 9.17) is 10.7 Å². The van der Waals surface area contributed by atoms with Crippen LogP contribution in [0, 0.1) is 5.82 Å². The zero-order valence-corrected chi connectivity index (χ0v) is 15.7. The standard InChI is InChI=1S/C21H22F4N4/c22-16-7-8-19-15(10-16)12-29(20(27-19)28-9-3-5-17(26)13-28)11-14-4-1-2-6-18(14)21(23,24)25/h1-2,4,6-8,10,12,17,20H,3,5,9,11,13,26H2/t17-,20?/m1/s1. The van der Waals surface area contributed by atoms with Crippen molar-refractivity contribution in [1.82, 2.24) is 9.80 Å². The first-order valence-electron chi connectivity index (χ1n) is 9.57. The third-order valence-electron chi connectivity index (χ3n) is 5.34. The van der Waals surface area contributed by atoms with E-state index >= 15 is 0 Å². The van der Waals surface area contributed by atoms with E-state index in [1.807, 2.05) is 0 Å². The largest absolute Gasteiger partial charge is 0.416 e. The Morgan fingerprint density at radius 3 is 2.69 bits per heavy atom. The van der Waals surface area contributed by atoms with Crippen LogP contribution >= 0.6 is 0 Å². The Morgan fingerprint density at radius 2 is 1.93 bits per heavy atom. The molecule has 2 N–H and O–H groups in total. The molecule has 0 aromatic heterocycles. The second-order valence-electron chi connectivity index (χ2n) is 7.53. The van der Waals surface area contributed by atoms with Gasteiger partial charge in [-0.3, -0.25) is 4.90 Å². The highest BCUT2D eigenvalue weighted by atomic mass is 19.4. The van der Waals surface area contributed by atoms with Crippen LogP contribution in [-0.4, -0.2) is 35.2 Å². The Hall–Kier alpha value is -2.45. The van der Waals surface area contributed by atoms with E-state index in [1.165, 1.54) is 24.3 Å². The molecule has 4 nitrogen and oxygen atoms in total. The molecule has 1 saturated heterocycles. The smallest absolute Gasteiger partial charge is 0.339 e. The molecule has 1 unspecified atom stereocenters. The molecule has 29 heavy (non-hydrogen) atoms.